The van der Waals surface area contributed by atoms with Crippen molar-refractivity contribution >= 4 is 17.1 Å². The zero-order valence-electron chi connectivity index (χ0n) is 13.8. The standard InChI is InChI=1S/C17H20N6O/c1-10(2)23-9-19-15-5-12(7-18-16(15)23)17(24)21-13-4-3-11-8-20-22-14(11)6-13/h5,7-10,13H,3-4,6H2,1-2H3,(H,20,22)(H,21,24). The number of hydrogen-bond acceptors (Lipinski definition) is 4. The van der Waals surface area contributed by atoms with E-state index >= 15 is 0 Å². The van der Waals surface area contributed by atoms with E-state index in [-0.39, 0.29) is 18.0 Å². The lowest BCUT2D eigenvalue weighted by atomic mass is 9.93. The van der Waals surface area contributed by atoms with Crippen LogP contribution in [0.4, 0.5) is 0 Å². The fourth-order valence-corrected chi connectivity index (χ4v) is 3.22. The third-order valence-electron chi connectivity index (χ3n) is 4.59. The van der Waals surface area contributed by atoms with Crippen LogP contribution in [0.25, 0.3) is 11.2 Å². The zero-order valence-corrected chi connectivity index (χ0v) is 13.8. The van der Waals surface area contributed by atoms with Crippen LogP contribution >= 0.6 is 0 Å². The van der Waals surface area contributed by atoms with Crippen LogP contribution in [-0.4, -0.2) is 36.7 Å². The highest BCUT2D eigenvalue weighted by molar-refractivity contribution is 5.96. The molecule has 3 aromatic heterocycles. The summed E-state index contributed by atoms with van der Waals surface area (Å²) in [5.41, 5.74) is 4.47. The molecular formula is C17H20N6O. The summed E-state index contributed by atoms with van der Waals surface area (Å²) in [5.74, 6) is -0.100. The van der Waals surface area contributed by atoms with Crippen LogP contribution in [0.2, 0.25) is 0 Å². The molecule has 4 rings (SSSR count). The SMILES string of the molecule is CC(C)n1cnc2cc(C(=O)NC3CCc4cn[nH]c4C3)cnc21. The van der Waals surface area contributed by atoms with Gasteiger partial charge in [-0.05, 0) is 38.3 Å². The predicted molar refractivity (Wildman–Crippen MR) is 89.8 cm³/mol. The highest BCUT2D eigenvalue weighted by Crippen LogP contribution is 2.20. The van der Waals surface area contributed by atoms with Crippen molar-refractivity contribution in [1.29, 1.82) is 0 Å². The molecule has 1 unspecified atom stereocenters. The molecule has 124 valence electrons. The summed E-state index contributed by atoms with van der Waals surface area (Å²) in [6.07, 6.45) is 7.92. The molecule has 0 fully saturated rings. The molecule has 2 N–H and O–H groups in total. The molecule has 1 atom stereocenters. The second kappa shape index (κ2) is 5.74. The fourth-order valence-electron chi connectivity index (χ4n) is 3.22. The molecule has 1 aliphatic carbocycles. The average Bonchev–Trinajstić information content (AvgIpc) is 3.20. The maximum Gasteiger partial charge on any atom is 0.253 e. The summed E-state index contributed by atoms with van der Waals surface area (Å²) in [5, 5.41) is 10.2. The second-order valence-corrected chi connectivity index (χ2v) is 6.60. The normalized spacial score (nSPS) is 17.2. The van der Waals surface area contributed by atoms with E-state index in [9.17, 15) is 4.79 Å². The highest BCUT2D eigenvalue weighted by Gasteiger charge is 2.22. The topological polar surface area (TPSA) is 88.5 Å². The number of rotatable bonds is 3. The molecule has 0 aliphatic heterocycles. The monoisotopic (exact) mass is 324 g/mol. The van der Waals surface area contributed by atoms with Gasteiger partial charge in [-0.25, -0.2) is 9.97 Å². The van der Waals surface area contributed by atoms with E-state index in [0.29, 0.717) is 5.56 Å². The van der Waals surface area contributed by atoms with Crippen molar-refractivity contribution in [3.63, 3.8) is 0 Å². The number of aryl methyl sites for hydroxylation is 1. The number of hydrogen-bond donors (Lipinski definition) is 2. The van der Waals surface area contributed by atoms with Crippen LogP contribution in [0.1, 0.15) is 47.9 Å². The van der Waals surface area contributed by atoms with Gasteiger partial charge in [0, 0.05) is 30.4 Å². The smallest absolute Gasteiger partial charge is 0.253 e. The van der Waals surface area contributed by atoms with Gasteiger partial charge in [-0.15, -0.1) is 0 Å². The highest BCUT2D eigenvalue weighted by atomic mass is 16.1. The van der Waals surface area contributed by atoms with Gasteiger partial charge in [-0.3, -0.25) is 9.89 Å². The number of fused-ring (bicyclic) bond motifs is 2. The molecule has 7 nitrogen and oxygen atoms in total. The summed E-state index contributed by atoms with van der Waals surface area (Å²) in [6, 6.07) is 2.21. The van der Waals surface area contributed by atoms with Gasteiger partial charge >= 0.3 is 0 Å². The number of aromatic nitrogens is 5. The Bertz CT molecular complexity index is 894. The lowest BCUT2D eigenvalue weighted by Gasteiger charge is -2.22. The Morgan fingerprint density at radius 3 is 3.08 bits per heavy atom. The Hall–Kier alpha value is -2.70. The third-order valence-corrected chi connectivity index (χ3v) is 4.59. The molecule has 1 amide bonds. The maximum atomic E-state index is 12.5. The summed E-state index contributed by atoms with van der Waals surface area (Å²) in [6.45, 7) is 4.16. The molecule has 0 spiro atoms. The van der Waals surface area contributed by atoms with E-state index in [0.717, 1.165) is 36.1 Å². The number of nitrogens with zero attached hydrogens (tertiary/aromatic N) is 4. The van der Waals surface area contributed by atoms with E-state index in [1.807, 2.05) is 10.8 Å². The van der Waals surface area contributed by atoms with Gasteiger partial charge < -0.3 is 9.88 Å². The molecule has 7 heteroatoms. The Labute approximate surface area is 139 Å². The average molecular weight is 324 g/mol. The van der Waals surface area contributed by atoms with Crippen LogP contribution in [0, 0.1) is 0 Å². The van der Waals surface area contributed by atoms with Crippen LogP contribution in [0.15, 0.2) is 24.8 Å². The number of carbonyl (C=O) groups excluding carboxylic acids is 1. The van der Waals surface area contributed by atoms with Crippen molar-refractivity contribution in [2.24, 2.45) is 0 Å². The lowest BCUT2D eigenvalue weighted by molar-refractivity contribution is 0.0933. The molecular weight excluding hydrogens is 304 g/mol. The van der Waals surface area contributed by atoms with Gasteiger partial charge in [0.1, 0.15) is 5.52 Å². The number of nitrogens with one attached hydrogen (secondary N) is 2. The minimum atomic E-state index is -0.100. The van der Waals surface area contributed by atoms with Crippen LogP contribution < -0.4 is 5.32 Å². The molecule has 0 radical (unpaired) electrons. The molecule has 24 heavy (non-hydrogen) atoms. The molecule has 3 aromatic rings. The molecule has 0 bridgehead atoms. The minimum Gasteiger partial charge on any atom is -0.349 e. The zero-order chi connectivity index (χ0) is 16.7. The first-order chi connectivity index (χ1) is 11.6. The van der Waals surface area contributed by atoms with Crippen LogP contribution in [0.5, 0.6) is 0 Å². The number of imidazole rings is 1. The van der Waals surface area contributed by atoms with Crippen LogP contribution in [-0.2, 0) is 12.8 Å². The number of aromatic amines is 1. The van der Waals surface area contributed by atoms with Gasteiger partial charge in [0.15, 0.2) is 5.65 Å². The molecule has 0 saturated heterocycles. The quantitative estimate of drug-likeness (QED) is 0.771. The summed E-state index contributed by atoms with van der Waals surface area (Å²) >= 11 is 0. The third kappa shape index (κ3) is 2.55. The Kier molecular flexibility index (Phi) is 3.55. The Morgan fingerprint density at radius 2 is 2.25 bits per heavy atom. The molecule has 0 saturated carbocycles. The predicted octanol–water partition coefficient (Wildman–Crippen LogP) is 2.02. The van der Waals surface area contributed by atoms with Gasteiger partial charge in [0.2, 0.25) is 0 Å². The summed E-state index contributed by atoms with van der Waals surface area (Å²) in [4.78, 5) is 21.3. The van der Waals surface area contributed by atoms with Crippen molar-refractivity contribution in [2.75, 3.05) is 0 Å². The first-order valence-electron chi connectivity index (χ1n) is 8.26. The number of carbonyl (C=O) groups is 1. The van der Waals surface area contributed by atoms with E-state index in [1.165, 1.54) is 5.56 Å². The van der Waals surface area contributed by atoms with Crippen molar-refractivity contribution in [1.82, 2.24) is 30.0 Å². The first-order valence-corrected chi connectivity index (χ1v) is 8.26. The van der Waals surface area contributed by atoms with E-state index in [2.05, 4.69) is 39.3 Å². The summed E-state index contributed by atoms with van der Waals surface area (Å²) in [7, 11) is 0. The Morgan fingerprint density at radius 1 is 1.38 bits per heavy atom. The lowest BCUT2D eigenvalue weighted by Crippen LogP contribution is -2.38. The first kappa shape index (κ1) is 14.9. The van der Waals surface area contributed by atoms with E-state index in [1.54, 1.807) is 18.6 Å². The van der Waals surface area contributed by atoms with Gasteiger partial charge in [0.05, 0.1) is 18.1 Å². The fraction of sp³-hybridized carbons (Fsp3) is 0.412. The van der Waals surface area contributed by atoms with Gasteiger partial charge in [0.25, 0.3) is 5.91 Å². The van der Waals surface area contributed by atoms with E-state index < -0.39 is 0 Å². The van der Waals surface area contributed by atoms with Crippen molar-refractivity contribution < 1.29 is 4.79 Å². The number of pyridine rings is 1. The largest absolute Gasteiger partial charge is 0.349 e. The van der Waals surface area contributed by atoms with Crippen molar-refractivity contribution in [3.05, 3.63) is 41.6 Å². The van der Waals surface area contributed by atoms with E-state index in [4.69, 9.17) is 0 Å². The second-order valence-electron chi connectivity index (χ2n) is 6.60. The summed E-state index contributed by atoms with van der Waals surface area (Å²) < 4.78 is 2.00. The van der Waals surface area contributed by atoms with Gasteiger partial charge in [-0.1, -0.05) is 0 Å². The van der Waals surface area contributed by atoms with Crippen molar-refractivity contribution in [3.8, 4) is 0 Å². The molecule has 1 aliphatic rings. The van der Waals surface area contributed by atoms with Crippen LogP contribution in [0.3, 0.4) is 0 Å². The molecule has 3 heterocycles. The maximum absolute atomic E-state index is 12.5. The van der Waals surface area contributed by atoms with Gasteiger partial charge in [-0.2, -0.15) is 5.10 Å². The number of amides is 1. The van der Waals surface area contributed by atoms with Crippen molar-refractivity contribution in [2.45, 2.75) is 45.2 Å². The minimum absolute atomic E-state index is 0.100. The Balaban J connectivity index is 1.51. The molecule has 0 aromatic carbocycles. The number of H-pyrrole nitrogens is 1.